The molecule has 0 radical (unpaired) electrons. The van der Waals surface area contributed by atoms with E-state index in [1.54, 1.807) is 7.11 Å². The molecule has 0 saturated heterocycles. The van der Waals surface area contributed by atoms with Crippen molar-refractivity contribution in [2.75, 3.05) is 20.7 Å². The van der Waals surface area contributed by atoms with Crippen molar-refractivity contribution in [3.63, 3.8) is 0 Å². The van der Waals surface area contributed by atoms with Crippen molar-refractivity contribution >= 4 is 0 Å². The van der Waals surface area contributed by atoms with Gasteiger partial charge in [-0.2, -0.15) is 0 Å². The summed E-state index contributed by atoms with van der Waals surface area (Å²) >= 11 is 0. The topological polar surface area (TPSA) is 52.9 Å². The Bertz CT molecular complexity index is 620. The fourth-order valence-electron chi connectivity index (χ4n) is 5.23. The molecule has 1 aliphatic heterocycles. The third-order valence-electron chi connectivity index (χ3n) is 6.55. The molecule has 0 bridgehead atoms. The lowest BCUT2D eigenvalue weighted by molar-refractivity contribution is 0.0764. The van der Waals surface area contributed by atoms with Crippen molar-refractivity contribution < 1.29 is 14.9 Å². The monoisotopic (exact) mass is 317 g/mol. The van der Waals surface area contributed by atoms with E-state index in [1.165, 1.54) is 11.1 Å². The maximum Gasteiger partial charge on any atom is 0.161 e. The molecule has 23 heavy (non-hydrogen) atoms. The lowest BCUT2D eigenvalue weighted by Gasteiger charge is -2.49. The molecule has 1 saturated carbocycles. The zero-order valence-electron chi connectivity index (χ0n) is 14.1. The zero-order chi connectivity index (χ0) is 16.2. The highest BCUT2D eigenvalue weighted by atomic mass is 16.5. The first kappa shape index (κ1) is 15.3. The molecular weight excluding hydrogens is 290 g/mol. The van der Waals surface area contributed by atoms with Crippen LogP contribution in [-0.4, -0.2) is 41.9 Å². The van der Waals surface area contributed by atoms with E-state index in [-0.39, 0.29) is 11.5 Å². The van der Waals surface area contributed by atoms with Crippen LogP contribution in [0.25, 0.3) is 0 Å². The first-order valence-corrected chi connectivity index (χ1v) is 8.87. The standard InChI is InChI=1S/C19H27NO3/c1-20-10-6-12-11-15(23-2)18(22)17-16(12)14(20)5-9-19(17)7-3-13(21)4-8-19/h11,13-14,21-22H,3-10H2,1-2H3. The Hall–Kier alpha value is -1.26. The van der Waals surface area contributed by atoms with E-state index in [9.17, 15) is 10.2 Å². The van der Waals surface area contributed by atoms with Crippen LogP contribution < -0.4 is 4.74 Å². The minimum Gasteiger partial charge on any atom is -0.504 e. The van der Waals surface area contributed by atoms with E-state index in [0.717, 1.165) is 57.1 Å². The van der Waals surface area contributed by atoms with Gasteiger partial charge in [0.25, 0.3) is 0 Å². The van der Waals surface area contributed by atoms with Crippen LogP contribution in [0.4, 0.5) is 0 Å². The van der Waals surface area contributed by atoms with Crippen LogP contribution in [0.3, 0.4) is 0 Å². The number of ether oxygens (including phenoxy) is 1. The summed E-state index contributed by atoms with van der Waals surface area (Å²) in [5.41, 5.74) is 3.88. The molecule has 4 rings (SSSR count). The molecule has 1 aromatic rings. The summed E-state index contributed by atoms with van der Waals surface area (Å²) in [7, 11) is 3.84. The molecule has 1 fully saturated rings. The van der Waals surface area contributed by atoms with E-state index in [2.05, 4.69) is 11.9 Å². The van der Waals surface area contributed by atoms with Gasteiger partial charge in [0.1, 0.15) is 0 Å². The molecule has 1 unspecified atom stereocenters. The summed E-state index contributed by atoms with van der Waals surface area (Å²) in [5.74, 6) is 0.970. The van der Waals surface area contributed by atoms with Crippen LogP contribution in [0.2, 0.25) is 0 Å². The number of likely N-dealkylation sites (N-methyl/N-ethyl adjacent to an activating group) is 1. The molecule has 1 spiro atoms. The Morgan fingerprint density at radius 1 is 1.22 bits per heavy atom. The Balaban J connectivity index is 1.91. The predicted molar refractivity (Wildman–Crippen MR) is 89.1 cm³/mol. The zero-order valence-corrected chi connectivity index (χ0v) is 14.1. The van der Waals surface area contributed by atoms with E-state index in [1.807, 2.05) is 6.07 Å². The summed E-state index contributed by atoms with van der Waals surface area (Å²) in [6.45, 7) is 1.07. The first-order valence-electron chi connectivity index (χ1n) is 8.87. The molecule has 4 heteroatoms. The smallest absolute Gasteiger partial charge is 0.161 e. The molecule has 0 amide bonds. The average molecular weight is 317 g/mol. The maximum absolute atomic E-state index is 11.0. The van der Waals surface area contributed by atoms with Gasteiger partial charge in [0.15, 0.2) is 11.5 Å². The van der Waals surface area contributed by atoms with Gasteiger partial charge in [0.2, 0.25) is 0 Å². The van der Waals surface area contributed by atoms with Crippen molar-refractivity contribution in [2.24, 2.45) is 0 Å². The van der Waals surface area contributed by atoms with E-state index >= 15 is 0 Å². The maximum atomic E-state index is 11.0. The van der Waals surface area contributed by atoms with Gasteiger partial charge >= 0.3 is 0 Å². The van der Waals surface area contributed by atoms with Gasteiger partial charge in [-0.15, -0.1) is 0 Å². The molecule has 126 valence electrons. The first-order chi connectivity index (χ1) is 11.1. The number of aromatic hydroxyl groups is 1. The van der Waals surface area contributed by atoms with Gasteiger partial charge < -0.3 is 14.9 Å². The lowest BCUT2D eigenvalue weighted by atomic mass is 9.59. The number of phenols is 1. The predicted octanol–water partition coefficient (Wildman–Crippen LogP) is 2.90. The van der Waals surface area contributed by atoms with E-state index in [0.29, 0.717) is 17.5 Å². The van der Waals surface area contributed by atoms with E-state index in [4.69, 9.17) is 4.74 Å². The quantitative estimate of drug-likeness (QED) is 0.836. The van der Waals surface area contributed by atoms with Gasteiger partial charge in [0, 0.05) is 18.2 Å². The van der Waals surface area contributed by atoms with Crippen molar-refractivity contribution in [2.45, 2.75) is 62.5 Å². The summed E-state index contributed by atoms with van der Waals surface area (Å²) in [6, 6.07) is 2.47. The van der Waals surface area contributed by atoms with Crippen LogP contribution in [0.1, 0.15) is 61.3 Å². The number of aliphatic hydroxyl groups excluding tert-OH is 1. The van der Waals surface area contributed by atoms with Gasteiger partial charge in [-0.3, -0.25) is 4.90 Å². The number of phenolic OH excluding ortho intramolecular Hbond substituents is 1. The third-order valence-corrected chi connectivity index (χ3v) is 6.55. The van der Waals surface area contributed by atoms with Crippen LogP contribution in [0, 0.1) is 0 Å². The highest BCUT2D eigenvalue weighted by molar-refractivity contribution is 5.60. The van der Waals surface area contributed by atoms with Gasteiger partial charge in [-0.25, -0.2) is 0 Å². The SMILES string of the molecule is COc1cc2c3c(c1O)C1(CCC(O)CC1)CCC3N(C)CC2. The molecule has 1 aromatic carbocycles. The number of rotatable bonds is 1. The van der Waals surface area contributed by atoms with Crippen molar-refractivity contribution in [1.29, 1.82) is 0 Å². The Kier molecular flexibility index (Phi) is 3.58. The minimum absolute atomic E-state index is 0.0244. The second kappa shape index (κ2) is 5.38. The molecule has 1 atom stereocenters. The van der Waals surface area contributed by atoms with Gasteiger partial charge in [-0.05, 0) is 74.6 Å². The summed E-state index contributed by atoms with van der Waals surface area (Å²) in [6.07, 6.45) is 6.71. The number of nitrogens with zero attached hydrogens (tertiary/aromatic N) is 1. The summed E-state index contributed by atoms with van der Waals surface area (Å²) < 4.78 is 5.48. The average Bonchev–Trinajstić information content (AvgIpc) is 2.56. The van der Waals surface area contributed by atoms with Crippen LogP contribution in [0.5, 0.6) is 11.5 Å². The Labute approximate surface area is 138 Å². The van der Waals surface area contributed by atoms with Crippen LogP contribution >= 0.6 is 0 Å². The second-order valence-corrected chi connectivity index (χ2v) is 7.67. The van der Waals surface area contributed by atoms with Crippen molar-refractivity contribution in [3.8, 4) is 11.5 Å². The molecular formula is C19H27NO3. The summed E-state index contributed by atoms with van der Waals surface area (Å²) in [4.78, 5) is 2.43. The largest absolute Gasteiger partial charge is 0.504 e. The normalized spacial score (nSPS) is 33.5. The Morgan fingerprint density at radius 3 is 2.61 bits per heavy atom. The molecule has 2 N–H and O–H groups in total. The highest BCUT2D eigenvalue weighted by Gasteiger charge is 2.47. The molecule has 4 nitrogen and oxygen atoms in total. The number of aliphatic hydroxyl groups is 1. The summed E-state index contributed by atoms with van der Waals surface area (Å²) in [5, 5.41) is 20.9. The van der Waals surface area contributed by atoms with Crippen molar-refractivity contribution in [1.82, 2.24) is 4.90 Å². The highest BCUT2D eigenvalue weighted by Crippen LogP contribution is 2.57. The number of methoxy groups -OCH3 is 1. The van der Waals surface area contributed by atoms with Crippen molar-refractivity contribution in [3.05, 3.63) is 22.8 Å². The number of benzene rings is 1. The molecule has 0 aromatic heterocycles. The van der Waals surface area contributed by atoms with Crippen LogP contribution in [0.15, 0.2) is 6.07 Å². The number of hydrogen-bond donors (Lipinski definition) is 2. The number of hydrogen-bond acceptors (Lipinski definition) is 4. The van der Waals surface area contributed by atoms with E-state index < -0.39 is 0 Å². The third kappa shape index (κ3) is 2.18. The number of fused-ring (bicyclic) bond motifs is 1. The lowest BCUT2D eigenvalue weighted by Crippen LogP contribution is -2.43. The van der Waals surface area contributed by atoms with Gasteiger partial charge in [0.05, 0.1) is 13.2 Å². The fourth-order valence-corrected chi connectivity index (χ4v) is 5.23. The molecule has 2 aliphatic carbocycles. The second-order valence-electron chi connectivity index (χ2n) is 7.67. The minimum atomic E-state index is -0.176. The molecule has 3 aliphatic rings. The van der Waals surface area contributed by atoms with Crippen LogP contribution in [-0.2, 0) is 11.8 Å². The fraction of sp³-hybridized carbons (Fsp3) is 0.684. The van der Waals surface area contributed by atoms with Gasteiger partial charge in [-0.1, -0.05) is 0 Å². The Morgan fingerprint density at radius 2 is 1.91 bits per heavy atom. The molecule has 1 heterocycles.